The number of alkyl halides is 2. The number of carbonyl (C=O) groups is 1. The van der Waals surface area contributed by atoms with Gasteiger partial charge in [-0.3, -0.25) is 4.79 Å². The molecular weight excluding hydrogens is 197 g/mol. The van der Waals surface area contributed by atoms with E-state index in [-0.39, 0.29) is 11.4 Å². The lowest BCUT2D eigenvalue weighted by molar-refractivity contribution is -0.119. The molecule has 0 radical (unpaired) electrons. The smallest absolute Gasteiger partial charge is 0.218 e. The van der Waals surface area contributed by atoms with Gasteiger partial charge in [-0.1, -0.05) is 24.4 Å². The Morgan fingerprint density at radius 1 is 1.42 bits per heavy atom. The number of unbranched alkanes of at least 4 members (excludes halogenated alkanes) is 2. The van der Waals surface area contributed by atoms with E-state index in [0.29, 0.717) is 5.88 Å². The van der Waals surface area contributed by atoms with Crippen LogP contribution in [-0.4, -0.2) is 17.3 Å². The molecule has 0 aromatic rings. The third-order valence-electron chi connectivity index (χ3n) is 1.45. The van der Waals surface area contributed by atoms with Crippen molar-refractivity contribution in [3.05, 3.63) is 0 Å². The maximum Gasteiger partial charge on any atom is 0.218 e. The Morgan fingerprint density at radius 2 is 2.08 bits per heavy atom. The third-order valence-corrected chi connectivity index (χ3v) is 2.05. The lowest BCUT2D eigenvalue weighted by Crippen LogP contribution is -2.28. The minimum Gasteiger partial charge on any atom is -0.340 e. The zero-order valence-corrected chi connectivity index (χ0v) is 8.79. The van der Waals surface area contributed by atoms with Gasteiger partial charge in [-0.05, 0) is 12.8 Å². The lowest BCUT2D eigenvalue weighted by Gasteiger charge is -2.08. The first-order valence-electron chi connectivity index (χ1n) is 4.14. The van der Waals surface area contributed by atoms with Crippen molar-refractivity contribution in [2.75, 3.05) is 5.88 Å². The molecule has 1 atom stereocenters. The molecule has 0 saturated carbocycles. The van der Waals surface area contributed by atoms with Crippen LogP contribution in [-0.2, 0) is 4.79 Å². The minimum atomic E-state index is -0.224. The summed E-state index contributed by atoms with van der Waals surface area (Å²) in [6, 6.07) is 0. The summed E-state index contributed by atoms with van der Waals surface area (Å²) < 4.78 is 0. The molecule has 12 heavy (non-hydrogen) atoms. The molecule has 1 amide bonds. The van der Waals surface area contributed by atoms with Crippen LogP contribution in [0.15, 0.2) is 0 Å². The molecule has 0 saturated heterocycles. The van der Waals surface area contributed by atoms with Crippen molar-refractivity contribution in [3.8, 4) is 0 Å². The van der Waals surface area contributed by atoms with Crippen LogP contribution in [0.5, 0.6) is 0 Å². The monoisotopic (exact) mass is 211 g/mol. The number of nitrogens with one attached hydrogen (secondary N) is 1. The van der Waals surface area contributed by atoms with E-state index in [4.69, 9.17) is 23.2 Å². The zero-order chi connectivity index (χ0) is 9.40. The van der Waals surface area contributed by atoms with Gasteiger partial charge < -0.3 is 5.32 Å². The van der Waals surface area contributed by atoms with E-state index < -0.39 is 0 Å². The van der Waals surface area contributed by atoms with Crippen LogP contribution >= 0.6 is 23.2 Å². The van der Waals surface area contributed by atoms with E-state index in [9.17, 15) is 4.79 Å². The molecule has 4 heteroatoms. The van der Waals surface area contributed by atoms with E-state index in [0.717, 1.165) is 25.7 Å². The highest BCUT2D eigenvalue weighted by Crippen LogP contribution is 2.07. The fourth-order valence-corrected chi connectivity index (χ4v) is 1.38. The Labute approximate surface area is 83.6 Å². The molecule has 0 spiro atoms. The summed E-state index contributed by atoms with van der Waals surface area (Å²) in [5.41, 5.74) is -0.224. The molecular formula is C8H15Cl2NO. The van der Waals surface area contributed by atoms with E-state index in [1.54, 1.807) is 0 Å². The molecule has 0 aliphatic carbocycles. The van der Waals surface area contributed by atoms with Crippen molar-refractivity contribution in [3.63, 3.8) is 0 Å². The Hall–Kier alpha value is 0.0500. The Morgan fingerprint density at radius 3 is 2.58 bits per heavy atom. The first-order valence-corrected chi connectivity index (χ1v) is 5.11. The van der Waals surface area contributed by atoms with Gasteiger partial charge in [0.05, 0.1) is 0 Å². The van der Waals surface area contributed by atoms with Crippen molar-refractivity contribution < 1.29 is 4.79 Å². The number of amides is 1. The maximum atomic E-state index is 10.5. The average molecular weight is 212 g/mol. The van der Waals surface area contributed by atoms with Crippen LogP contribution in [0.25, 0.3) is 0 Å². The summed E-state index contributed by atoms with van der Waals surface area (Å²) in [4.78, 5) is 10.5. The summed E-state index contributed by atoms with van der Waals surface area (Å²) in [6.07, 6.45) is 3.93. The van der Waals surface area contributed by atoms with Gasteiger partial charge in [-0.25, -0.2) is 0 Å². The topological polar surface area (TPSA) is 29.1 Å². The van der Waals surface area contributed by atoms with Crippen molar-refractivity contribution in [2.45, 2.75) is 38.1 Å². The third kappa shape index (κ3) is 8.15. The average Bonchev–Trinajstić information content (AvgIpc) is 1.97. The predicted octanol–water partition coefficient (Wildman–Crippen LogP) is 2.49. The number of hydrogen-bond donors (Lipinski definition) is 1. The van der Waals surface area contributed by atoms with Crippen molar-refractivity contribution in [1.82, 2.24) is 5.32 Å². The maximum absolute atomic E-state index is 10.5. The van der Waals surface area contributed by atoms with Gasteiger partial charge >= 0.3 is 0 Å². The molecule has 0 aromatic heterocycles. The van der Waals surface area contributed by atoms with E-state index in [2.05, 4.69) is 5.32 Å². The normalized spacial score (nSPS) is 12.6. The molecule has 1 N–H and O–H groups in total. The second kappa shape index (κ2) is 7.69. The van der Waals surface area contributed by atoms with Crippen molar-refractivity contribution in [2.24, 2.45) is 0 Å². The number of hydrogen-bond acceptors (Lipinski definition) is 1. The quantitative estimate of drug-likeness (QED) is 0.409. The lowest BCUT2D eigenvalue weighted by atomic mass is 10.2. The van der Waals surface area contributed by atoms with Gasteiger partial charge in [0.25, 0.3) is 0 Å². The van der Waals surface area contributed by atoms with Crippen LogP contribution in [0.1, 0.15) is 32.6 Å². The molecule has 2 nitrogen and oxygen atoms in total. The zero-order valence-electron chi connectivity index (χ0n) is 7.28. The van der Waals surface area contributed by atoms with Gasteiger partial charge in [0.15, 0.2) is 0 Å². The largest absolute Gasteiger partial charge is 0.340 e. The first-order chi connectivity index (χ1) is 5.66. The second-order valence-electron chi connectivity index (χ2n) is 2.71. The van der Waals surface area contributed by atoms with E-state index in [1.807, 2.05) is 0 Å². The molecule has 0 rings (SSSR count). The summed E-state index contributed by atoms with van der Waals surface area (Å²) >= 11 is 11.3. The Bertz CT molecular complexity index is 130. The molecule has 0 aliphatic heterocycles. The highest BCUT2D eigenvalue weighted by Gasteiger charge is 2.03. The SMILES string of the molecule is CC(=O)NC(Cl)CCCCCCl. The summed E-state index contributed by atoms with van der Waals surface area (Å²) in [7, 11) is 0. The van der Waals surface area contributed by atoms with Crippen LogP contribution in [0.2, 0.25) is 0 Å². The fourth-order valence-electron chi connectivity index (χ4n) is 0.888. The first kappa shape index (κ1) is 12.0. The van der Waals surface area contributed by atoms with Crippen LogP contribution < -0.4 is 5.32 Å². The van der Waals surface area contributed by atoms with Gasteiger partial charge in [-0.2, -0.15) is 0 Å². The predicted molar refractivity (Wildman–Crippen MR) is 52.6 cm³/mol. The molecule has 1 unspecified atom stereocenters. The highest BCUT2D eigenvalue weighted by atomic mass is 35.5. The minimum absolute atomic E-state index is 0.0765. The molecule has 0 aliphatic rings. The molecule has 0 heterocycles. The molecule has 72 valence electrons. The summed E-state index contributed by atoms with van der Waals surface area (Å²) in [5, 5.41) is 2.61. The highest BCUT2D eigenvalue weighted by molar-refractivity contribution is 6.21. The summed E-state index contributed by atoms with van der Waals surface area (Å²) in [6.45, 7) is 1.47. The van der Waals surface area contributed by atoms with Crippen LogP contribution in [0.3, 0.4) is 0 Å². The number of carbonyl (C=O) groups excluding carboxylic acids is 1. The molecule has 0 aromatic carbocycles. The van der Waals surface area contributed by atoms with Crippen molar-refractivity contribution in [1.29, 1.82) is 0 Å². The molecule has 0 fully saturated rings. The van der Waals surface area contributed by atoms with Gasteiger partial charge in [-0.15, -0.1) is 11.6 Å². The van der Waals surface area contributed by atoms with Crippen molar-refractivity contribution >= 4 is 29.1 Å². The van der Waals surface area contributed by atoms with Gasteiger partial charge in [0, 0.05) is 12.8 Å². The van der Waals surface area contributed by atoms with Gasteiger partial charge in [0.2, 0.25) is 5.91 Å². The molecule has 0 bridgehead atoms. The van der Waals surface area contributed by atoms with Crippen LogP contribution in [0.4, 0.5) is 0 Å². The van der Waals surface area contributed by atoms with E-state index in [1.165, 1.54) is 6.92 Å². The fraction of sp³-hybridized carbons (Fsp3) is 0.875. The standard InChI is InChI=1S/C8H15Cl2NO/c1-7(12)11-8(10)5-3-2-4-6-9/h8H,2-6H2,1H3,(H,11,12). The second-order valence-corrected chi connectivity index (χ2v) is 3.61. The Kier molecular flexibility index (Phi) is 7.72. The summed E-state index contributed by atoms with van der Waals surface area (Å²) in [5.74, 6) is 0.625. The Balaban J connectivity index is 3.19. The number of rotatable bonds is 6. The van der Waals surface area contributed by atoms with Gasteiger partial charge in [0.1, 0.15) is 5.50 Å². The van der Waals surface area contributed by atoms with E-state index >= 15 is 0 Å². The van der Waals surface area contributed by atoms with Crippen LogP contribution in [0, 0.1) is 0 Å². The number of halogens is 2.